The number of carbonyl (C=O) groups excluding carboxylic acids is 2. The average molecular weight is 381 g/mol. The lowest BCUT2D eigenvalue weighted by molar-refractivity contribution is -0.117. The van der Waals surface area contributed by atoms with E-state index in [4.69, 9.17) is 0 Å². The summed E-state index contributed by atoms with van der Waals surface area (Å²) in [7, 11) is 0. The normalized spacial score (nSPS) is 26.7. The highest BCUT2D eigenvalue weighted by atomic mass is 32.2. The van der Waals surface area contributed by atoms with Gasteiger partial charge in [-0.15, -0.1) is 0 Å². The van der Waals surface area contributed by atoms with E-state index >= 15 is 0 Å². The molecule has 0 spiro atoms. The summed E-state index contributed by atoms with van der Waals surface area (Å²) in [5, 5.41) is 0. The lowest BCUT2D eigenvalue weighted by atomic mass is 10.0. The second-order valence-corrected chi connectivity index (χ2v) is 8.02. The Morgan fingerprint density at radius 2 is 1.16 bits per heavy atom. The summed E-state index contributed by atoms with van der Waals surface area (Å²) in [4.78, 5) is 30.5. The fourth-order valence-corrected chi connectivity index (χ4v) is 3.50. The van der Waals surface area contributed by atoms with Gasteiger partial charge in [-0.1, -0.05) is 0 Å². The zero-order valence-corrected chi connectivity index (χ0v) is 16.5. The number of ketones is 2. The number of hydrogen-bond donors (Lipinski definition) is 0. The molecule has 9 heteroatoms. The maximum Gasteiger partial charge on any atom is 0.227 e. The first-order chi connectivity index (χ1) is 11.7. The van der Waals surface area contributed by atoms with E-state index in [9.17, 15) is 9.59 Å². The van der Waals surface area contributed by atoms with Gasteiger partial charge in [-0.3, -0.25) is 9.59 Å². The molecule has 136 valence electrons. The van der Waals surface area contributed by atoms with Gasteiger partial charge >= 0.3 is 0 Å². The number of nitrogens with zero attached hydrogens (tertiary/aromatic N) is 5. The smallest absolute Gasteiger partial charge is 0.227 e. The summed E-state index contributed by atoms with van der Waals surface area (Å²) in [6.45, 7) is 10.6. The molecule has 5 saturated heterocycles. The number of allylic oxidation sites excluding steroid dienone is 1. The molecule has 0 aromatic rings. The molecule has 25 heavy (non-hydrogen) atoms. The fraction of sp³-hybridized carbons (Fsp3) is 0.625. The van der Waals surface area contributed by atoms with Crippen molar-refractivity contribution in [1.29, 1.82) is 0 Å². The lowest BCUT2D eigenvalue weighted by Crippen LogP contribution is -2.29. The molecule has 0 amide bonds. The third kappa shape index (κ3) is 4.03. The average Bonchev–Trinajstić information content (AvgIpc) is 3.43. The van der Waals surface area contributed by atoms with Gasteiger partial charge in [-0.2, -0.15) is 9.90 Å². The Morgan fingerprint density at radius 3 is 1.60 bits per heavy atom. The van der Waals surface area contributed by atoms with Gasteiger partial charge in [0.25, 0.3) is 0 Å². The summed E-state index contributed by atoms with van der Waals surface area (Å²) in [5.41, 5.74) is 1.89. The van der Waals surface area contributed by atoms with Crippen molar-refractivity contribution < 1.29 is 9.59 Å². The van der Waals surface area contributed by atoms with Crippen LogP contribution in [0.2, 0.25) is 0 Å². The third-order valence-electron chi connectivity index (χ3n) is 4.53. The minimum Gasteiger partial charge on any atom is -0.365 e. The van der Waals surface area contributed by atoms with Crippen LogP contribution in [-0.2, 0) is 9.59 Å². The van der Waals surface area contributed by atoms with Crippen LogP contribution in [-0.4, -0.2) is 100 Å². The van der Waals surface area contributed by atoms with Crippen molar-refractivity contribution in [3.05, 3.63) is 23.2 Å². The summed E-state index contributed by atoms with van der Waals surface area (Å²) < 4.78 is 4.71. The Hall–Kier alpha value is -1.08. The zero-order valence-electron chi connectivity index (χ0n) is 14.3. The maximum atomic E-state index is 12.4. The molecule has 0 radical (unpaired) electrons. The molecule has 0 saturated carbocycles. The van der Waals surface area contributed by atoms with Crippen LogP contribution in [0.3, 0.4) is 0 Å². The highest BCUT2D eigenvalue weighted by Crippen LogP contribution is 2.34. The van der Waals surface area contributed by atoms with Crippen LogP contribution in [0.15, 0.2) is 23.2 Å². The van der Waals surface area contributed by atoms with E-state index in [2.05, 4.69) is 8.61 Å². The van der Waals surface area contributed by atoms with Crippen molar-refractivity contribution in [3.63, 3.8) is 0 Å². The number of carbonyl (C=O) groups is 2. The highest BCUT2D eigenvalue weighted by molar-refractivity contribution is 7.95. The molecule has 6 rings (SSSR count). The van der Waals surface area contributed by atoms with E-state index in [1.807, 2.05) is 26.8 Å². The van der Waals surface area contributed by atoms with E-state index in [1.54, 1.807) is 0 Å². The SMILES string of the molecule is C1CN1SN1CC1.O=C1C=C(N2CC2)C(=O)C(N2CC2)=C1N1CC1.P. The van der Waals surface area contributed by atoms with Crippen molar-refractivity contribution in [2.24, 2.45) is 0 Å². The molecule has 1 aliphatic carbocycles. The van der Waals surface area contributed by atoms with Crippen LogP contribution in [0.25, 0.3) is 0 Å². The molecule has 5 aliphatic heterocycles. The van der Waals surface area contributed by atoms with Crippen LogP contribution in [0.1, 0.15) is 0 Å². The second kappa shape index (κ2) is 6.58. The molecule has 0 N–H and O–H groups in total. The van der Waals surface area contributed by atoms with E-state index < -0.39 is 0 Å². The molecule has 6 aliphatic rings. The van der Waals surface area contributed by atoms with Crippen LogP contribution in [0.5, 0.6) is 0 Å². The van der Waals surface area contributed by atoms with Crippen molar-refractivity contribution in [2.45, 2.75) is 0 Å². The van der Waals surface area contributed by atoms with E-state index in [-0.39, 0.29) is 21.5 Å². The summed E-state index contributed by atoms with van der Waals surface area (Å²) in [6, 6.07) is 0. The van der Waals surface area contributed by atoms with Crippen LogP contribution in [0.4, 0.5) is 0 Å². The van der Waals surface area contributed by atoms with Crippen LogP contribution < -0.4 is 0 Å². The van der Waals surface area contributed by atoms with Crippen molar-refractivity contribution >= 4 is 33.6 Å². The minimum absolute atomic E-state index is 0. The maximum absolute atomic E-state index is 12.4. The van der Waals surface area contributed by atoms with Gasteiger partial charge in [0, 0.05) is 83.7 Å². The van der Waals surface area contributed by atoms with Crippen molar-refractivity contribution in [1.82, 2.24) is 23.3 Å². The van der Waals surface area contributed by atoms with E-state index in [0.29, 0.717) is 17.1 Å². The van der Waals surface area contributed by atoms with Gasteiger partial charge in [-0.25, -0.2) is 8.61 Å². The Bertz CT molecular complexity index is 651. The van der Waals surface area contributed by atoms with Crippen molar-refractivity contribution in [3.8, 4) is 0 Å². The van der Waals surface area contributed by atoms with Gasteiger partial charge < -0.3 is 14.7 Å². The first-order valence-corrected chi connectivity index (χ1v) is 9.41. The summed E-state index contributed by atoms with van der Waals surface area (Å²) in [5.74, 6) is 0.0485. The first kappa shape index (κ1) is 17.3. The largest absolute Gasteiger partial charge is 0.365 e. The molecule has 1 unspecified atom stereocenters. The zero-order chi connectivity index (χ0) is 16.3. The highest BCUT2D eigenvalue weighted by Gasteiger charge is 2.43. The van der Waals surface area contributed by atoms with Gasteiger partial charge in [-0.05, 0) is 0 Å². The number of rotatable bonds is 5. The minimum atomic E-state index is 0. The Morgan fingerprint density at radius 1 is 0.680 bits per heavy atom. The molecule has 1 atom stereocenters. The predicted octanol–water partition coefficient (Wildman–Crippen LogP) is -0.581. The summed E-state index contributed by atoms with van der Waals surface area (Å²) in [6.07, 6.45) is 1.52. The van der Waals surface area contributed by atoms with Gasteiger partial charge in [0.05, 0.1) is 5.70 Å². The van der Waals surface area contributed by atoms with Gasteiger partial charge in [0.15, 0.2) is 0 Å². The van der Waals surface area contributed by atoms with Crippen LogP contribution >= 0.6 is 22.0 Å². The number of hydrogen-bond acceptors (Lipinski definition) is 8. The molecule has 0 bridgehead atoms. The van der Waals surface area contributed by atoms with Crippen molar-refractivity contribution in [2.75, 3.05) is 65.4 Å². The summed E-state index contributed by atoms with van der Waals surface area (Å²) >= 11 is 1.90. The third-order valence-corrected chi connectivity index (χ3v) is 5.72. The molecule has 0 aromatic heterocycles. The molecule has 5 fully saturated rings. The molecule has 7 nitrogen and oxygen atoms in total. The molecular formula is C16H24N5O2PS. The van der Waals surface area contributed by atoms with E-state index in [1.165, 1.54) is 32.3 Å². The molecule has 0 aromatic carbocycles. The van der Waals surface area contributed by atoms with Crippen LogP contribution in [0, 0.1) is 0 Å². The van der Waals surface area contributed by atoms with Gasteiger partial charge in [0.2, 0.25) is 11.6 Å². The van der Waals surface area contributed by atoms with E-state index in [0.717, 1.165) is 39.3 Å². The van der Waals surface area contributed by atoms with Gasteiger partial charge in [0.1, 0.15) is 11.4 Å². The standard InChI is InChI=1S/C12H13N3O2.C4H8N2S.H3P/c16-9-7-8(13-1-2-13)12(17)11(15-5-6-15)10(9)14-3-4-14;1-2-5(1)7-6-3-4-6;/h7H,1-6H2;1-4H2;1H3. The Kier molecular flexibility index (Phi) is 4.56. The Labute approximate surface area is 155 Å². The lowest BCUT2D eigenvalue weighted by Gasteiger charge is -2.21. The first-order valence-electron chi connectivity index (χ1n) is 8.68. The topological polar surface area (TPSA) is 49.2 Å². The monoisotopic (exact) mass is 381 g/mol. The predicted molar refractivity (Wildman–Crippen MR) is 102 cm³/mol. The quantitative estimate of drug-likeness (QED) is 0.271. The molecular weight excluding hydrogens is 357 g/mol. The fourth-order valence-electron chi connectivity index (χ4n) is 2.68. The second-order valence-electron chi connectivity index (χ2n) is 6.82. The Balaban J connectivity index is 0.000000165. The molecule has 5 heterocycles. The number of Topliss-reactive ketones (excluding diaryl/α,β-unsaturated/α-hetero) is 1.